The van der Waals surface area contributed by atoms with E-state index in [4.69, 9.17) is 53.8 Å². The number of carbonyl (C=O) groups is 7. The number of pyridine rings is 4. The SMILES string of the molecule is CC(=O)[O-].CCc1c2c(nc3ccc(OCN(C(=O)OC(CC#N)CCCCCN=[N+]=[N-])c4ccc(C(=O)N(CC)CC)cc4)cc13)-c1cc3c(c(=O)n1C2)COC(=O)[C@]3(O)CC.CCc1c2c(nc3ccc(OCN(C(=O)OC(CC#N)CCCCC[NH3+])c4ccc(C(=O)N(CC)CC)cc4)cc13)-c1cc3c(c(=O)n1C2)COC(=O)[C@]3(O)CC. The van der Waals surface area contributed by atoms with Crippen LogP contribution in [0.3, 0.4) is 0 Å². The van der Waals surface area contributed by atoms with E-state index in [1.165, 1.54) is 9.80 Å². The van der Waals surface area contributed by atoms with Gasteiger partial charge in [0.15, 0.2) is 24.7 Å². The highest BCUT2D eigenvalue weighted by Gasteiger charge is 2.47. The van der Waals surface area contributed by atoms with E-state index >= 15 is 0 Å². The fourth-order valence-electron chi connectivity index (χ4n) is 15.5. The number of hydrogen-bond acceptors (Lipinski definition) is 23. The summed E-state index contributed by atoms with van der Waals surface area (Å²) in [5, 5.41) is 55.6. The van der Waals surface area contributed by atoms with Gasteiger partial charge in [-0.1, -0.05) is 39.2 Å². The number of unbranched alkanes of at least 4 members (excludes halogenated alkanes) is 4. The number of ether oxygens (including phenoxy) is 6. The summed E-state index contributed by atoms with van der Waals surface area (Å²) < 4.78 is 38.0. The molecule has 32 nitrogen and oxygen atoms in total. The van der Waals surface area contributed by atoms with Crippen molar-refractivity contribution in [1.82, 2.24) is 28.9 Å². The average Bonchev–Trinajstić information content (AvgIpc) is 1.54. The fourth-order valence-corrected chi connectivity index (χ4v) is 15.5. The van der Waals surface area contributed by atoms with Gasteiger partial charge >= 0.3 is 24.1 Å². The van der Waals surface area contributed by atoms with Gasteiger partial charge < -0.3 is 73.2 Å². The van der Waals surface area contributed by atoms with Crippen LogP contribution in [0.15, 0.2) is 112 Å². The van der Waals surface area contributed by atoms with E-state index in [9.17, 15) is 59.1 Å². The number of benzene rings is 4. The number of aliphatic hydroxyl groups is 2. The fraction of sp³-hybridized carbons (Fsp3) is 0.443. The molecule has 8 aromatic rings. The second kappa shape index (κ2) is 40.6. The Morgan fingerprint density at radius 1 is 0.592 bits per heavy atom. The minimum Gasteiger partial charge on any atom is -0.550 e. The number of amides is 4. The van der Waals surface area contributed by atoms with Crippen LogP contribution in [0, 0.1) is 22.7 Å². The Morgan fingerprint density at radius 2 is 0.983 bits per heavy atom. The number of azide groups is 1. The number of aryl methyl sites for hydroxylation is 2. The number of aromatic nitrogens is 4. The van der Waals surface area contributed by atoms with Crippen LogP contribution in [0.4, 0.5) is 21.0 Å². The second-order valence-corrected chi connectivity index (χ2v) is 29.3. The number of fused-ring (bicyclic) bond motifs is 10. The molecule has 12 rings (SSSR count). The summed E-state index contributed by atoms with van der Waals surface area (Å²) in [6, 6.07) is 31.7. The lowest BCUT2D eigenvalue weighted by atomic mass is 9.86. The number of esters is 2. The van der Waals surface area contributed by atoms with Gasteiger partial charge in [0.05, 0.1) is 101 Å². The molecule has 2 unspecified atom stereocenters. The summed E-state index contributed by atoms with van der Waals surface area (Å²) in [4.78, 5) is 134. The molecule has 0 spiro atoms. The van der Waals surface area contributed by atoms with Crippen LogP contribution < -0.4 is 41.2 Å². The number of anilines is 2. The smallest absolute Gasteiger partial charge is 0.417 e. The van der Waals surface area contributed by atoms with Crippen molar-refractivity contribution < 1.29 is 83.0 Å². The minimum absolute atomic E-state index is 0.0140. The summed E-state index contributed by atoms with van der Waals surface area (Å²) in [7, 11) is 0. The molecule has 8 heterocycles. The minimum atomic E-state index is -1.93. The Kier molecular flexibility index (Phi) is 30.3. The zero-order chi connectivity index (χ0) is 86.7. The summed E-state index contributed by atoms with van der Waals surface area (Å²) in [6.07, 6.45) is 4.32. The van der Waals surface area contributed by atoms with Gasteiger partial charge in [0.25, 0.3) is 22.9 Å². The Balaban J connectivity index is 0.000000241. The Bertz CT molecular complexity index is 5430. The molecule has 5 N–H and O–H groups in total. The zero-order valence-corrected chi connectivity index (χ0v) is 69.2. The van der Waals surface area contributed by atoms with Crippen LogP contribution in [-0.2, 0) is 83.7 Å². The predicted molar refractivity (Wildman–Crippen MR) is 442 cm³/mol. The number of carboxylic acids is 1. The van der Waals surface area contributed by atoms with Crippen molar-refractivity contribution in [3.8, 4) is 46.4 Å². The molecule has 4 atom stereocenters. The van der Waals surface area contributed by atoms with Crippen LogP contribution in [0.5, 0.6) is 11.5 Å². The third-order valence-electron chi connectivity index (χ3n) is 22.2. The zero-order valence-electron chi connectivity index (χ0n) is 69.2. The van der Waals surface area contributed by atoms with Crippen molar-refractivity contribution in [2.45, 2.75) is 202 Å². The summed E-state index contributed by atoms with van der Waals surface area (Å²) in [5.41, 5.74) is 17.9. The van der Waals surface area contributed by atoms with Gasteiger partial charge in [0.2, 0.25) is 0 Å². The maximum absolute atomic E-state index is 13.9. The number of carboxylic acid groups (broad SMARTS) is 1. The lowest BCUT2D eigenvalue weighted by Crippen LogP contribution is -2.50. The third-order valence-corrected chi connectivity index (χ3v) is 22.2. The first-order valence-corrected chi connectivity index (χ1v) is 40.8. The van der Waals surface area contributed by atoms with Gasteiger partial charge in [0.1, 0.15) is 36.9 Å². The van der Waals surface area contributed by atoms with E-state index in [1.54, 1.807) is 112 Å². The quantitative estimate of drug-likeness (QED) is 0.00654. The summed E-state index contributed by atoms with van der Waals surface area (Å²) >= 11 is 0. The summed E-state index contributed by atoms with van der Waals surface area (Å²) in [6.45, 7) is 19.0. The van der Waals surface area contributed by atoms with Gasteiger partial charge in [-0.25, -0.2) is 38.9 Å². The molecule has 4 aliphatic rings. The molecule has 32 heteroatoms. The van der Waals surface area contributed by atoms with Gasteiger partial charge in [-0.3, -0.25) is 19.2 Å². The molecule has 0 bridgehead atoms. The van der Waals surface area contributed by atoms with E-state index in [1.807, 2.05) is 59.7 Å². The predicted octanol–water partition coefficient (Wildman–Crippen LogP) is 11.2. The molecule has 4 amide bonds. The van der Waals surface area contributed by atoms with Crippen molar-refractivity contribution in [2.24, 2.45) is 5.11 Å². The third kappa shape index (κ3) is 19.3. The van der Waals surface area contributed by atoms with E-state index < -0.39 is 53.5 Å². The van der Waals surface area contributed by atoms with Crippen molar-refractivity contribution in [3.05, 3.63) is 184 Å². The van der Waals surface area contributed by atoms with Crippen LogP contribution in [0.25, 0.3) is 55.0 Å². The highest BCUT2D eigenvalue weighted by Crippen LogP contribution is 2.44. The molecule has 0 radical (unpaired) electrons. The normalized spacial score (nSPS) is 15.3. The monoisotopic (exact) mass is 1640 g/mol. The Hall–Kier alpha value is -12.7. The first-order chi connectivity index (χ1) is 57.8. The average molecular weight is 1640 g/mol. The molecule has 0 saturated carbocycles. The van der Waals surface area contributed by atoms with E-state index in [0.717, 1.165) is 72.2 Å². The van der Waals surface area contributed by atoms with E-state index in [0.29, 0.717) is 139 Å². The molecule has 0 aliphatic carbocycles. The molecule has 120 heavy (non-hydrogen) atoms. The number of hydrogen-bond donors (Lipinski definition) is 3. The first-order valence-electron chi connectivity index (χ1n) is 40.8. The van der Waals surface area contributed by atoms with Crippen molar-refractivity contribution in [1.29, 1.82) is 10.5 Å². The summed E-state index contributed by atoms with van der Waals surface area (Å²) in [5.74, 6) is -2.00. The molecular formula is C88H102N14O18. The largest absolute Gasteiger partial charge is 0.550 e. The van der Waals surface area contributed by atoms with Crippen molar-refractivity contribution in [3.63, 3.8) is 0 Å². The molecule has 632 valence electrons. The molecule has 0 fully saturated rings. The van der Waals surface area contributed by atoms with Gasteiger partial charge in [0, 0.05) is 87.8 Å². The van der Waals surface area contributed by atoms with Crippen molar-refractivity contribution in [2.75, 3.05) is 62.5 Å². The maximum atomic E-state index is 13.9. The van der Waals surface area contributed by atoms with Crippen LogP contribution in [-0.4, -0.2) is 146 Å². The Morgan fingerprint density at radius 3 is 1.33 bits per heavy atom. The van der Waals surface area contributed by atoms with Crippen LogP contribution in [0.2, 0.25) is 0 Å². The highest BCUT2D eigenvalue weighted by molar-refractivity contribution is 5.97. The van der Waals surface area contributed by atoms with E-state index in [2.05, 4.69) is 27.9 Å². The Labute approximate surface area is 694 Å². The lowest BCUT2D eigenvalue weighted by Gasteiger charge is -2.31. The lowest BCUT2D eigenvalue weighted by molar-refractivity contribution is -0.368. The van der Waals surface area contributed by atoms with Crippen LogP contribution >= 0.6 is 0 Å². The van der Waals surface area contributed by atoms with Gasteiger partial charge in [-0.15, -0.1) is 0 Å². The molecular weight excluding hydrogens is 1540 g/mol. The molecule has 4 aromatic carbocycles. The van der Waals surface area contributed by atoms with Gasteiger partial charge in [-0.05, 0) is 219 Å². The number of nitrogens with zero attached hydrogens (tertiary/aromatic N) is 13. The van der Waals surface area contributed by atoms with Crippen LogP contribution in [0.1, 0.15) is 205 Å². The maximum Gasteiger partial charge on any atom is 0.417 e. The van der Waals surface area contributed by atoms with Crippen molar-refractivity contribution >= 4 is 75.1 Å². The molecule has 0 saturated heterocycles. The number of rotatable bonds is 33. The van der Waals surface area contributed by atoms with Gasteiger partial charge in [-0.2, -0.15) is 10.5 Å². The first kappa shape index (κ1) is 89.6. The van der Waals surface area contributed by atoms with E-state index in [-0.39, 0.29) is 111 Å². The topological polar surface area (TPSA) is 445 Å². The second-order valence-electron chi connectivity index (χ2n) is 29.3. The number of nitriles is 2. The number of aliphatic carboxylic acids is 1. The number of cyclic esters (lactones) is 2. The number of carbonyl (C=O) groups excluding carboxylic acids is 7. The molecule has 4 aromatic heterocycles. The molecule has 4 aliphatic heterocycles. The standard InChI is InChI=1S/C43H48N8O8.C43H50N6O8.C2H4O2/c1-5-31-32-22-30(17-18-36(32)47-38-33(31)24-50-37(38)23-35-34(40(50)53)25-57-41(54)43(35,56)6-2)58-26-51(28-15-13-27(14-16-28)39(52)49(7-3)8-4)42(55)59-29(19-20-44)12-10-9-11-21-46-48-45;1-5-31-32-22-30(17-18-36(32)46-38-33(31)24-48-37(38)23-35-34(40(48)51)25-55-41(52)43(35,54)6-2)56-26-49(42(53)57-29(19-21-45)12-10-9-11-20-44)28-15-13-27(14-16-28)39(50)47(7-3)8-4;1-2(3)4/h13-18,22-23,29,56H,5-12,19,21,24-26H2,1-4H3;13-18,22-23,29,54H,5-12,19-20,24-26,44H2,1-4H3;1H3,(H,3,4)/t2*29?,43-;/m00./s1. The number of quaternary nitrogens is 1. The highest BCUT2D eigenvalue weighted by atomic mass is 16.6.